The third-order valence-corrected chi connectivity index (χ3v) is 7.43. The summed E-state index contributed by atoms with van der Waals surface area (Å²) in [6.07, 6.45) is 2.41. The Labute approximate surface area is 145 Å². The van der Waals surface area contributed by atoms with Crippen molar-refractivity contribution in [2.24, 2.45) is 5.92 Å². The normalized spacial score (nSPS) is 17.8. The number of amides is 1. The van der Waals surface area contributed by atoms with Gasteiger partial charge in [0.2, 0.25) is 26.0 Å². The third-order valence-electron chi connectivity index (χ3n) is 4.01. The molecule has 0 saturated carbocycles. The fraction of sp³-hybridized carbons (Fsp3) is 0.929. The minimum absolute atomic E-state index is 0.0587. The smallest absolute Gasteiger partial charge is 0.223 e. The SMILES string of the molecule is CCCCS(=O)(=O)N1CCC(C(=O)NCCS(=O)(=O)NCC)CC1. The molecule has 0 bridgehead atoms. The van der Waals surface area contributed by atoms with Crippen molar-refractivity contribution < 1.29 is 21.6 Å². The summed E-state index contributed by atoms with van der Waals surface area (Å²) in [5.74, 6) is -0.462. The van der Waals surface area contributed by atoms with Crippen LogP contribution in [0.2, 0.25) is 0 Å². The second-order valence-electron chi connectivity index (χ2n) is 5.95. The highest BCUT2D eigenvalue weighted by Gasteiger charge is 2.30. The maximum Gasteiger partial charge on any atom is 0.223 e. The van der Waals surface area contributed by atoms with Gasteiger partial charge in [-0.15, -0.1) is 0 Å². The molecule has 1 heterocycles. The van der Waals surface area contributed by atoms with E-state index in [1.807, 2.05) is 6.92 Å². The predicted molar refractivity (Wildman–Crippen MR) is 93.5 cm³/mol. The standard InChI is InChI=1S/C14H29N3O5S2/c1-3-5-11-24(21,22)17-9-6-13(7-10-17)14(18)15-8-12-23(19,20)16-4-2/h13,16H,3-12H2,1-2H3,(H,15,18). The van der Waals surface area contributed by atoms with E-state index in [2.05, 4.69) is 10.0 Å². The third kappa shape index (κ3) is 7.04. The van der Waals surface area contributed by atoms with Crippen LogP contribution < -0.4 is 10.0 Å². The number of piperidine rings is 1. The molecule has 8 nitrogen and oxygen atoms in total. The van der Waals surface area contributed by atoms with E-state index in [1.54, 1.807) is 6.92 Å². The topological polar surface area (TPSA) is 113 Å². The van der Waals surface area contributed by atoms with Crippen LogP contribution in [0, 0.1) is 5.92 Å². The largest absolute Gasteiger partial charge is 0.355 e. The summed E-state index contributed by atoms with van der Waals surface area (Å²) in [6.45, 7) is 4.71. The first-order valence-electron chi connectivity index (χ1n) is 8.44. The first-order chi connectivity index (χ1) is 11.2. The van der Waals surface area contributed by atoms with Gasteiger partial charge in [-0.1, -0.05) is 20.3 Å². The number of nitrogens with one attached hydrogen (secondary N) is 2. The molecule has 1 aliphatic rings. The van der Waals surface area contributed by atoms with Gasteiger partial charge in [0.05, 0.1) is 11.5 Å². The average Bonchev–Trinajstić information content (AvgIpc) is 2.52. The van der Waals surface area contributed by atoms with Gasteiger partial charge in [0, 0.05) is 32.1 Å². The molecule has 1 saturated heterocycles. The number of unbranched alkanes of at least 4 members (excludes halogenated alkanes) is 1. The molecule has 1 fully saturated rings. The van der Waals surface area contributed by atoms with Crippen molar-refractivity contribution in [3.63, 3.8) is 0 Å². The highest BCUT2D eigenvalue weighted by atomic mass is 32.2. The lowest BCUT2D eigenvalue weighted by Gasteiger charge is -2.30. The molecule has 0 atom stereocenters. The summed E-state index contributed by atoms with van der Waals surface area (Å²) in [5, 5.41) is 2.63. The Morgan fingerprint density at radius 1 is 1.08 bits per heavy atom. The maximum absolute atomic E-state index is 12.1. The fourth-order valence-electron chi connectivity index (χ4n) is 2.60. The molecule has 0 aliphatic carbocycles. The molecular formula is C14H29N3O5S2. The molecular weight excluding hydrogens is 354 g/mol. The minimum atomic E-state index is -3.35. The lowest BCUT2D eigenvalue weighted by atomic mass is 9.97. The van der Waals surface area contributed by atoms with Gasteiger partial charge < -0.3 is 5.32 Å². The Kier molecular flexibility index (Phi) is 8.61. The molecule has 0 spiro atoms. The van der Waals surface area contributed by atoms with Crippen LogP contribution >= 0.6 is 0 Å². The van der Waals surface area contributed by atoms with Crippen LogP contribution in [0.3, 0.4) is 0 Å². The second kappa shape index (κ2) is 9.69. The molecule has 0 radical (unpaired) electrons. The lowest BCUT2D eigenvalue weighted by Crippen LogP contribution is -2.44. The van der Waals surface area contributed by atoms with E-state index in [0.717, 1.165) is 6.42 Å². The zero-order valence-corrected chi connectivity index (χ0v) is 16.1. The highest BCUT2D eigenvalue weighted by Crippen LogP contribution is 2.20. The van der Waals surface area contributed by atoms with Crippen LogP contribution in [0.25, 0.3) is 0 Å². The molecule has 10 heteroatoms. The minimum Gasteiger partial charge on any atom is -0.355 e. The van der Waals surface area contributed by atoms with Crippen LogP contribution in [0.15, 0.2) is 0 Å². The van der Waals surface area contributed by atoms with E-state index in [9.17, 15) is 21.6 Å². The maximum atomic E-state index is 12.1. The molecule has 0 unspecified atom stereocenters. The van der Waals surface area contributed by atoms with Crippen LogP contribution in [0.5, 0.6) is 0 Å². The van der Waals surface area contributed by atoms with E-state index in [0.29, 0.717) is 38.9 Å². The number of nitrogens with zero attached hydrogens (tertiary/aromatic N) is 1. The Bertz CT molecular complexity index is 596. The van der Waals surface area contributed by atoms with E-state index >= 15 is 0 Å². The fourth-order valence-corrected chi connectivity index (χ4v) is 5.23. The first-order valence-corrected chi connectivity index (χ1v) is 11.7. The van der Waals surface area contributed by atoms with Gasteiger partial charge in [0.15, 0.2) is 0 Å². The number of carbonyl (C=O) groups excluding carboxylic acids is 1. The zero-order chi connectivity index (χ0) is 18.2. The van der Waals surface area contributed by atoms with Gasteiger partial charge >= 0.3 is 0 Å². The van der Waals surface area contributed by atoms with Crippen molar-refractivity contribution in [3.05, 3.63) is 0 Å². The summed E-state index contributed by atoms with van der Waals surface area (Å²) >= 11 is 0. The van der Waals surface area contributed by atoms with Crippen molar-refractivity contribution in [1.82, 2.24) is 14.3 Å². The quantitative estimate of drug-likeness (QED) is 0.546. The number of sulfonamides is 2. The van der Waals surface area contributed by atoms with E-state index in [-0.39, 0.29) is 29.9 Å². The summed E-state index contributed by atoms with van der Waals surface area (Å²) in [4.78, 5) is 12.1. The number of rotatable bonds is 10. The van der Waals surface area contributed by atoms with Crippen LogP contribution in [0.4, 0.5) is 0 Å². The van der Waals surface area contributed by atoms with Crippen molar-refractivity contribution in [1.29, 1.82) is 0 Å². The van der Waals surface area contributed by atoms with Gasteiger partial charge in [-0.05, 0) is 19.3 Å². The van der Waals surface area contributed by atoms with E-state index in [1.165, 1.54) is 4.31 Å². The average molecular weight is 384 g/mol. The first kappa shape index (κ1) is 21.3. The van der Waals surface area contributed by atoms with Crippen LogP contribution in [-0.4, -0.2) is 64.7 Å². The van der Waals surface area contributed by atoms with Crippen molar-refractivity contribution in [2.45, 2.75) is 39.5 Å². The molecule has 0 aromatic heterocycles. The van der Waals surface area contributed by atoms with Crippen molar-refractivity contribution in [3.8, 4) is 0 Å². The molecule has 0 aromatic rings. The van der Waals surface area contributed by atoms with Crippen LogP contribution in [-0.2, 0) is 24.8 Å². The Balaban J connectivity index is 2.38. The van der Waals surface area contributed by atoms with Gasteiger partial charge in [-0.25, -0.2) is 25.9 Å². The molecule has 1 rings (SSSR count). The van der Waals surface area contributed by atoms with Gasteiger partial charge in [0.25, 0.3) is 0 Å². The molecule has 1 aliphatic heterocycles. The predicted octanol–water partition coefficient (Wildman–Crippen LogP) is -0.116. The number of hydrogen-bond acceptors (Lipinski definition) is 5. The van der Waals surface area contributed by atoms with Gasteiger partial charge in [-0.2, -0.15) is 0 Å². The summed E-state index contributed by atoms with van der Waals surface area (Å²) in [5.41, 5.74) is 0. The van der Waals surface area contributed by atoms with Crippen LogP contribution in [0.1, 0.15) is 39.5 Å². The van der Waals surface area contributed by atoms with Gasteiger partial charge in [-0.3, -0.25) is 4.79 Å². The Hall–Kier alpha value is -0.710. The van der Waals surface area contributed by atoms with Gasteiger partial charge in [0.1, 0.15) is 0 Å². The molecule has 1 amide bonds. The summed E-state index contributed by atoms with van der Waals surface area (Å²) < 4.78 is 51.0. The molecule has 2 N–H and O–H groups in total. The lowest BCUT2D eigenvalue weighted by molar-refractivity contribution is -0.125. The van der Waals surface area contributed by atoms with Crippen molar-refractivity contribution >= 4 is 26.0 Å². The summed E-state index contributed by atoms with van der Waals surface area (Å²) in [6, 6.07) is 0. The number of hydrogen-bond donors (Lipinski definition) is 2. The zero-order valence-electron chi connectivity index (χ0n) is 14.5. The molecule has 24 heavy (non-hydrogen) atoms. The van der Waals surface area contributed by atoms with Crippen molar-refractivity contribution in [2.75, 3.05) is 37.7 Å². The highest BCUT2D eigenvalue weighted by molar-refractivity contribution is 7.89. The monoisotopic (exact) mass is 383 g/mol. The van der Waals surface area contributed by atoms with E-state index in [4.69, 9.17) is 0 Å². The Morgan fingerprint density at radius 2 is 1.71 bits per heavy atom. The summed E-state index contributed by atoms with van der Waals surface area (Å²) in [7, 11) is -6.57. The molecule has 142 valence electrons. The Morgan fingerprint density at radius 3 is 2.25 bits per heavy atom. The number of carbonyl (C=O) groups is 1. The van der Waals surface area contributed by atoms with E-state index < -0.39 is 20.0 Å². The second-order valence-corrected chi connectivity index (χ2v) is 9.97. The molecule has 0 aromatic carbocycles.